The largest absolute Gasteiger partial charge is 0.382 e. The van der Waals surface area contributed by atoms with Crippen LogP contribution in [0.1, 0.15) is 43.5 Å². The zero-order chi connectivity index (χ0) is 14.1. The first-order chi connectivity index (χ1) is 9.70. The Morgan fingerprint density at radius 3 is 2.75 bits per heavy atom. The quantitative estimate of drug-likeness (QED) is 0.871. The molecule has 0 saturated carbocycles. The minimum absolute atomic E-state index is 0.178. The van der Waals surface area contributed by atoms with Gasteiger partial charge in [-0.1, -0.05) is 6.92 Å². The highest BCUT2D eigenvalue weighted by Crippen LogP contribution is 2.30. The molecular formula is C16H23N3O. The van der Waals surface area contributed by atoms with E-state index in [9.17, 15) is 4.79 Å². The van der Waals surface area contributed by atoms with Crippen LogP contribution in [0, 0.1) is 0 Å². The van der Waals surface area contributed by atoms with E-state index < -0.39 is 0 Å². The highest BCUT2D eigenvalue weighted by Gasteiger charge is 2.33. The van der Waals surface area contributed by atoms with Crippen LogP contribution in [0.25, 0.3) is 0 Å². The first-order valence-corrected chi connectivity index (χ1v) is 7.65. The predicted octanol–water partition coefficient (Wildman–Crippen LogP) is 2.93. The molecule has 0 radical (unpaired) electrons. The number of rotatable bonds is 2. The molecule has 0 spiro atoms. The van der Waals surface area contributed by atoms with Gasteiger partial charge in [-0.3, -0.25) is 4.79 Å². The molecule has 20 heavy (non-hydrogen) atoms. The summed E-state index contributed by atoms with van der Waals surface area (Å²) in [5.41, 5.74) is 2.93. The van der Waals surface area contributed by atoms with Crippen LogP contribution in [-0.2, 0) is 0 Å². The fourth-order valence-corrected chi connectivity index (χ4v) is 3.36. The average Bonchev–Trinajstić information content (AvgIpc) is 2.87. The van der Waals surface area contributed by atoms with E-state index in [1.807, 2.05) is 18.2 Å². The van der Waals surface area contributed by atoms with Gasteiger partial charge in [-0.25, -0.2) is 0 Å². The van der Waals surface area contributed by atoms with Gasteiger partial charge in [0.25, 0.3) is 5.91 Å². The van der Waals surface area contributed by atoms with Gasteiger partial charge in [-0.2, -0.15) is 0 Å². The van der Waals surface area contributed by atoms with Crippen LogP contribution >= 0.6 is 0 Å². The number of benzene rings is 1. The van der Waals surface area contributed by atoms with Crippen molar-refractivity contribution in [2.45, 2.75) is 45.2 Å². The number of likely N-dealkylation sites (tertiary alicyclic amines) is 1. The van der Waals surface area contributed by atoms with Crippen LogP contribution in [0.5, 0.6) is 0 Å². The molecule has 2 heterocycles. The number of nitrogens with one attached hydrogen (secondary N) is 2. The molecule has 2 unspecified atom stereocenters. The lowest BCUT2D eigenvalue weighted by molar-refractivity contribution is 0.0676. The molecule has 108 valence electrons. The van der Waals surface area contributed by atoms with Crippen LogP contribution in [0.15, 0.2) is 18.2 Å². The normalized spacial score (nSPS) is 24.8. The molecule has 1 aromatic carbocycles. The Bertz CT molecular complexity index is 514. The Kier molecular flexibility index (Phi) is 3.55. The van der Waals surface area contributed by atoms with E-state index in [0.29, 0.717) is 12.1 Å². The van der Waals surface area contributed by atoms with Gasteiger partial charge < -0.3 is 15.5 Å². The van der Waals surface area contributed by atoms with Crippen LogP contribution in [0.3, 0.4) is 0 Å². The van der Waals surface area contributed by atoms with Crippen molar-refractivity contribution in [1.82, 2.24) is 4.90 Å². The summed E-state index contributed by atoms with van der Waals surface area (Å²) in [6.45, 7) is 6.16. The Labute approximate surface area is 120 Å². The van der Waals surface area contributed by atoms with Crippen LogP contribution in [0.2, 0.25) is 0 Å². The molecule has 3 rings (SSSR count). The fourth-order valence-electron chi connectivity index (χ4n) is 3.36. The maximum absolute atomic E-state index is 12.8. The number of fused-ring (bicyclic) bond motifs is 1. The first kappa shape index (κ1) is 13.3. The second-order valence-electron chi connectivity index (χ2n) is 5.81. The van der Waals surface area contributed by atoms with Crippen molar-refractivity contribution in [3.8, 4) is 0 Å². The number of hydrogen-bond acceptors (Lipinski definition) is 3. The third kappa shape index (κ3) is 2.23. The van der Waals surface area contributed by atoms with Crippen LogP contribution < -0.4 is 10.6 Å². The molecule has 2 atom stereocenters. The highest BCUT2D eigenvalue weighted by molar-refractivity contribution is 5.97. The number of nitrogens with zero attached hydrogens (tertiary/aromatic N) is 1. The minimum atomic E-state index is 0.178. The zero-order valence-electron chi connectivity index (χ0n) is 12.3. The molecule has 2 aliphatic heterocycles. The molecule has 1 saturated heterocycles. The van der Waals surface area contributed by atoms with Crippen molar-refractivity contribution >= 4 is 17.3 Å². The Hall–Kier alpha value is -1.71. The molecule has 2 N–H and O–H groups in total. The van der Waals surface area contributed by atoms with E-state index >= 15 is 0 Å². The smallest absolute Gasteiger partial charge is 0.254 e. The van der Waals surface area contributed by atoms with Crippen LogP contribution in [0.4, 0.5) is 11.4 Å². The van der Waals surface area contributed by atoms with Crippen molar-refractivity contribution in [2.24, 2.45) is 0 Å². The number of hydrogen-bond donors (Lipinski definition) is 2. The van der Waals surface area contributed by atoms with Gasteiger partial charge in [0.1, 0.15) is 0 Å². The van der Waals surface area contributed by atoms with E-state index in [4.69, 9.17) is 0 Å². The fraction of sp³-hybridized carbons (Fsp3) is 0.562. The maximum atomic E-state index is 12.8. The van der Waals surface area contributed by atoms with Gasteiger partial charge in [0.05, 0.1) is 11.4 Å². The molecule has 0 aliphatic carbocycles. The summed E-state index contributed by atoms with van der Waals surface area (Å²) < 4.78 is 0. The van der Waals surface area contributed by atoms with E-state index in [0.717, 1.165) is 49.3 Å². The Morgan fingerprint density at radius 2 is 2.00 bits per heavy atom. The summed E-state index contributed by atoms with van der Waals surface area (Å²) in [6.07, 6.45) is 3.30. The standard InChI is InChI=1S/C16H23N3O/c1-3-13-6-4-11(2)19(13)16(20)12-5-7-14-15(10-12)18-9-8-17-14/h5,7,10-11,13,17-18H,3-4,6,8-9H2,1-2H3. The third-order valence-electron chi connectivity index (χ3n) is 4.51. The summed E-state index contributed by atoms with van der Waals surface area (Å²) in [5.74, 6) is 0.178. The summed E-state index contributed by atoms with van der Waals surface area (Å²) in [4.78, 5) is 14.9. The molecule has 0 aromatic heterocycles. The van der Waals surface area contributed by atoms with Gasteiger partial charge in [0, 0.05) is 30.7 Å². The van der Waals surface area contributed by atoms with Crippen molar-refractivity contribution in [3.05, 3.63) is 23.8 Å². The van der Waals surface area contributed by atoms with Crippen LogP contribution in [-0.4, -0.2) is 36.0 Å². The molecule has 2 aliphatic rings. The average molecular weight is 273 g/mol. The van der Waals surface area contributed by atoms with Gasteiger partial charge in [-0.15, -0.1) is 0 Å². The second kappa shape index (κ2) is 5.35. The van der Waals surface area contributed by atoms with Gasteiger partial charge in [-0.05, 0) is 44.4 Å². The molecule has 0 bridgehead atoms. The van der Waals surface area contributed by atoms with Gasteiger partial charge >= 0.3 is 0 Å². The zero-order valence-corrected chi connectivity index (χ0v) is 12.3. The van der Waals surface area contributed by atoms with Crippen molar-refractivity contribution < 1.29 is 4.79 Å². The predicted molar refractivity (Wildman–Crippen MR) is 82.4 cm³/mol. The number of carbonyl (C=O) groups excluding carboxylic acids is 1. The minimum Gasteiger partial charge on any atom is -0.382 e. The molecule has 4 heteroatoms. The number of anilines is 2. The van der Waals surface area contributed by atoms with Crippen molar-refractivity contribution in [2.75, 3.05) is 23.7 Å². The maximum Gasteiger partial charge on any atom is 0.254 e. The van der Waals surface area contributed by atoms with E-state index in [1.54, 1.807) is 0 Å². The second-order valence-corrected chi connectivity index (χ2v) is 5.81. The highest BCUT2D eigenvalue weighted by atomic mass is 16.2. The summed E-state index contributed by atoms with van der Waals surface area (Å²) in [5, 5.41) is 6.69. The molecular weight excluding hydrogens is 250 g/mol. The summed E-state index contributed by atoms with van der Waals surface area (Å²) >= 11 is 0. The first-order valence-electron chi connectivity index (χ1n) is 7.65. The number of carbonyl (C=O) groups is 1. The molecule has 1 fully saturated rings. The molecule has 1 amide bonds. The molecule has 4 nitrogen and oxygen atoms in total. The molecule has 1 aromatic rings. The lowest BCUT2D eigenvalue weighted by Crippen LogP contribution is -2.39. The third-order valence-corrected chi connectivity index (χ3v) is 4.51. The van der Waals surface area contributed by atoms with E-state index in [-0.39, 0.29) is 5.91 Å². The van der Waals surface area contributed by atoms with E-state index in [2.05, 4.69) is 29.4 Å². The van der Waals surface area contributed by atoms with Crippen molar-refractivity contribution in [3.63, 3.8) is 0 Å². The topological polar surface area (TPSA) is 44.4 Å². The van der Waals surface area contributed by atoms with E-state index in [1.165, 1.54) is 0 Å². The van der Waals surface area contributed by atoms with Gasteiger partial charge in [0.2, 0.25) is 0 Å². The Morgan fingerprint density at radius 1 is 1.25 bits per heavy atom. The lowest BCUT2D eigenvalue weighted by atomic mass is 10.1. The summed E-state index contributed by atoms with van der Waals surface area (Å²) in [6, 6.07) is 6.70. The lowest BCUT2D eigenvalue weighted by Gasteiger charge is -2.29. The monoisotopic (exact) mass is 273 g/mol. The SMILES string of the molecule is CCC1CCC(C)N1C(=O)c1ccc2c(c1)NCCN2. The van der Waals surface area contributed by atoms with Crippen molar-refractivity contribution in [1.29, 1.82) is 0 Å². The van der Waals surface area contributed by atoms with Gasteiger partial charge in [0.15, 0.2) is 0 Å². The summed E-state index contributed by atoms with van der Waals surface area (Å²) in [7, 11) is 0. The Balaban J connectivity index is 1.86. The number of amides is 1.